The quantitative estimate of drug-likeness (QED) is 0.845. The van der Waals surface area contributed by atoms with Crippen molar-refractivity contribution < 1.29 is 9.53 Å². The van der Waals surface area contributed by atoms with Gasteiger partial charge >= 0.3 is 0 Å². The van der Waals surface area contributed by atoms with Crippen LogP contribution in [0.3, 0.4) is 0 Å². The van der Waals surface area contributed by atoms with Gasteiger partial charge in [-0.15, -0.1) is 0 Å². The predicted octanol–water partition coefficient (Wildman–Crippen LogP) is 1.71. The number of anilines is 1. The highest BCUT2D eigenvalue weighted by atomic mass is 16.5. The number of nitrogens with zero attached hydrogens (tertiary/aromatic N) is 5. The topological polar surface area (TPSA) is 82.4 Å². The van der Waals surface area contributed by atoms with E-state index in [1.54, 1.807) is 41.4 Å². The molecule has 128 valence electrons. The van der Waals surface area contributed by atoms with Crippen LogP contribution in [0.1, 0.15) is 22.8 Å². The van der Waals surface area contributed by atoms with Crippen molar-refractivity contribution in [1.82, 2.24) is 14.9 Å². The van der Waals surface area contributed by atoms with E-state index in [1.807, 2.05) is 11.8 Å². The number of nitriles is 1. The van der Waals surface area contributed by atoms with Gasteiger partial charge in [0.05, 0.1) is 23.8 Å². The number of hydrogen-bond acceptors (Lipinski definition) is 6. The fourth-order valence-electron chi connectivity index (χ4n) is 2.76. The molecule has 1 aromatic carbocycles. The minimum absolute atomic E-state index is 0.110. The second kappa shape index (κ2) is 7.62. The van der Waals surface area contributed by atoms with Crippen LogP contribution in [0.2, 0.25) is 0 Å². The molecule has 1 saturated heterocycles. The lowest BCUT2D eigenvalue weighted by molar-refractivity contribution is 0.0746. The van der Waals surface area contributed by atoms with E-state index in [1.165, 1.54) is 0 Å². The first kappa shape index (κ1) is 16.7. The van der Waals surface area contributed by atoms with Gasteiger partial charge in [-0.3, -0.25) is 4.79 Å². The van der Waals surface area contributed by atoms with Gasteiger partial charge in [0, 0.05) is 38.4 Å². The molecule has 3 rings (SSSR count). The Morgan fingerprint density at radius 1 is 1.24 bits per heavy atom. The maximum Gasteiger partial charge on any atom is 0.255 e. The highest BCUT2D eigenvalue weighted by Gasteiger charge is 2.25. The van der Waals surface area contributed by atoms with Crippen LogP contribution in [-0.4, -0.2) is 53.6 Å². The van der Waals surface area contributed by atoms with Crippen molar-refractivity contribution in [1.29, 1.82) is 5.26 Å². The van der Waals surface area contributed by atoms with E-state index >= 15 is 0 Å². The third-order valence-electron chi connectivity index (χ3n) is 4.04. The minimum atomic E-state index is -0.110. The maximum atomic E-state index is 12.7. The molecule has 0 radical (unpaired) electrons. The van der Waals surface area contributed by atoms with Crippen LogP contribution >= 0.6 is 0 Å². The molecular formula is C18H19N5O2. The van der Waals surface area contributed by atoms with E-state index in [-0.39, 0.29) is 5.91 Å². The Morgan fingerprint density at radius 2 is 2.00 bits per heavy atom. The highest BCUT2D eigenvalue weighted by Crippen LogP contribution is 2.17. The molecule has 2 aromatic rings. The first-order chi connectivity index (χ1) is 12.2. The first-order valence-corrected chi connectivity index (χ1v) is 8.22. The second-order valence-electron chi connectivity index (χ2n) is 5.56. The Labute approximate surface area is 146 Å². The Hall–Kier alpha value is -3.14. The molecule has 0 unspecified atom stereocenters. The van der Waals surface area contributed by atoms with Gasteiger partial charge in [0.15, 0.2) is 0 Å². The summed E-state index contributed by atoms with van der Waals surface area (Å²) < 4.78 is 5.41. The number of benzene rings is 1. The zero-order valence-electron chi connectivity index (χ0n) is 14.1. The molecule has 0 saturated carbocycles. The number of carbonyl (C=O) groups excluding carboxylic acids is 1. The number of amides is 1. The minimum Gasteiger partial charge on any atom is -0.478 e. The van der Waals surface area contributed by atoms with Crippen LogP contribution in [0.15, 0.2) is 36.5 Å². The number of ether oxygens (including phenoxy) is 1. The SMILES string of the molecule is CCOc1ccnc(N2CCN(C(=O)c3ccccc3C#N)CC2)n1. The van der Waals surface area contributed by atoms with Gasteiger partial charge in [-0.2, -0.15) is 10.2 Å². The van der Waals surface area contributed by atoms with Crippen molar-refractivity contribution >= 4 is 11.9 Å². The van der Waals surface area contributed by atoms with Crippen molar-refractivity contribution in [2.75, 3.05) is 37.7 Å². The van der Waals surface area contributed by atoms with Crippen LogP contribution < -0.4 is 9.64 Å². The lowest BCUT2D eigenvalue weighted by Crippen LogP contribution is -2.49. The Kier molecular flexibility index (Phi) is 5.09. The number of aromatic nitrogens is 2. The van der Waals surface area contributed by atoms with E-state index in [9.17, 15) is 4.79 Å². The third-order valence-corrected chi connectivity index (χ3v) is 4.04. The molecule has 7 heteroatoms. The van der Waals surface area contributed by atoms with E-state index in [0.29, 0.717) is 55.7 Å². The van der Waals surface area contributed by atoms with Gasteiger partial charge in [0.25, 0.3) is 5.91 Å². The van der Waals surface area contributed by atoms with Crippen LogP contribution in [0, 0.1) is 11.3 Å². The summed E-state index contributed by atoms with van der Waals surface area (Å²) in [5.41, 5.74) is 0.857. The molecule has 0 bridgehead atoms. The van der Waals surface area contributed by atoms with Crippen LogP contribution in [0.4, 0.5) is 5.95 Å². The summed E-state index contributed by atoms with van der Waals surface area (Å²) in [5, 5.41) is 9.17. The molecule has 0 spiro atoms. The molecule has 1 aliphatic heterocycles. The summed E-state index contributed by atoms with van der Waals surface area (Å²) in [7, 11) is 0. The number of piperazine rings is 1. The van der Waals surface area contributed by atoms with Gasteiger partial charge in [0.2, 0.25) is 11.8 Å². The Morgan fingerprint density at radius 3 is 2.72 bits per heavy atom. The summed E-state index contributed by atoms with van der Waals surface area (Å²) in [5.74, 6) is 1.05. The molecule has 2 heterocycles. The monoisotopic (exact) mass is 337 g/mol. The summed E-state index contributed by atoms with van der Waals surface area (Å²) in [6, 6.07) is 10.7. The van der Waals surface area contributed by atoms with Gasteiger partial charge in [-0.05, 0) is 19.1 Å². The zero-order valence-corrected chi connectivity index (χ0v) is 14.1. The zero-order chi connectivity index (χ0) is 17.6. The van der Waals surface area contributed by atoms with Gasteiger partial charge in [-0.25, -0.2) is 4.98 Å². The number of rotatable bonds is 4. The third kappa shape index (κ3) is 3.69. The molecule has 0 aliphatic carbocycles. The molecule has 1 amide bonds. The van der Waals surface area contributed by atoms with E-state index in [4.69, 9.17) is 10.00 Å². The van der Waals surface area contributed by atoms with Crippen LogP contribution in [-0.2, 0) is 0 Å². The second-order valence-corrected chi connectivity index (χ2v) is 5.56. The standard InChI is InChI=1S/C18H19N5O2/c1-2-25-16-7-8-20-18(21-16)23-11-9-22(10-12-23)17(24)15-6-4-3-5-14(15)13-19/h3-8H,2,9-12H2,1H3. The molecule has 7 nitrogen and oxygen atoms in total. The van der Waals surface area contributed by atoms with Crippen molar-refractivity contribution in [3.05, 3.63) is 47.7 Å². The molecule has 1 fully saturated rings. The average molecular weight is 337 g/mol. The van der Waals surface area contributed by atoms with E-state index in [2.05, 4.69) is 16.0 Å². The summed E-state index contributed by atoms with van der Waals surface area (Å²) >= 11 is 0. The van der Waals surface area contributed by atoms with Crippen LogP contribution in [0.25, 0.3) is 0 Å². The molecule has 1 aliphatic rings. The highest BCUT2D eigenvalue weighted by molar-refractivity contribution is 5.96. The fourth-order valence-corrected chi connectivity index (χ4v) is 2.76. The lowest BCUT2D eigenvalue weighted by Gasteiger charge is -2.34. The smallest absolute Gasteiger partial charge is 0.255 e. The van der Waals surface area contributed by atoms with Gasteiger partial charge in [0.1, 0.15) is 0 Å². The predicted molar refractivity (Wildman–Crippen MR) is 92.5 cm³/mol. The van der Waals surface area contributed by atoms with Gasteiger partial charge < -0.3 is 14.5 Å². The molecule has 1 aromatic heterocycles. The van der Waals surface area contributed by atoms with Crippen LogP contribution in [0.5, 0.6) is 5.88 Å². The summed E-state index contributed by atoms with van der Waals surface area (Å²) in [4.78, 5) is 25.1. The number of hydrogen-bond donors (Lipinski definition) is 0. The normalized spacial score (nSPS) is 14.1. The first-order valence-electron chi connectivity index (χ1n) is 8.22. The maximum absolute atomic E-state index is 12.7. The van der Waals surface area contributed by atoms with Crippen molar-refractivity contribution in [2.45, 2.75) is 6.92 Å². The molecular weight excluding hydrogens is 318 g/mol. The molecule has 0 atom stereocenters. The Balaban J connectivity index is 1.67. The number of carbonyl (C=O) groups is 1. The molecule has 0 N–H and O–H groups in total. The summed E-state index contributed by atoms with van der Waals surface area (Å²) in [6.07, 6.45) is 1.67. The van der Waals surface area contributed by atoms with E-state index in [0.717, 1.165) is 0 Å². The fraction of sp³-hybridized carbons (Fsp3) is 0.333. The molecule has 25 heavy (non-hydrogen) atoms. The lowest BCUT2D eigenvalue weighted by atomic mass is 10.1. The average Bonchev–Trinajstić information content (AvgIpc) is 2.68. The van der Waals surface area contributed by atoms with E-state index < -0.39 is 0 Å². The summed E-state index contributed by atoms with van der Waals surface area (Å²) in [6.45, 7) is 4.84. The van der Waals surface area contributed by atoms with Gasteiger partial charge in [-0.1, -0.05) is 12.1 Å². The Bertz CT molecular complexity index is 794. The van der Waals surface area contributed by atoms with Crippen molar-refractivity contribution in [2.24, 2.45) is 0 Å². The largest absolute Gasteiger partial charge is 0.478 e. The van der Waals surface area contributed by atoms with Crippen molar-refractivity contribution in [3.63, 3.8) is 0 Å². The van der Waals surface area contributed by atoms with Crippen molar-refractivity contribution in [3.8, 4) is 11.9 Å².